The van der Waals surface area contributed by atoms with Gasteiger partial charge in [0.25, 0.3) is 0 Å². The third-order valence-corrected chi connectivity index (χ3v) is 3.12. The van der Waals surface area contributed by atoms with Crippen molar-refractivity contribution in [3.8, 4) is 0 Å². The first-order valence-electron chi connectivity index (χ1n) is 5.21. The summed E-state index contributed by atoms with van der Waals surface area (Å²) in [5, 5.41) is 0. The Balaban J connectivity index is 1.97. The molecule has 0 aromatic carbocycles. The molecule has 0 amide bonds. The molecule has 0 aromatic heterocycles. The molecule has 2 nitrogen and oxygen atoms in total. The van der Waals surface area contributed by atoms with E-state index in [2.05, 4.69) is 18.7 Å². The lowest BCUT2D eigenvalue weighted by Gasteiger charge is -2.37. The fraction of sp³-hybridized carbons (Fsp3) is 0.583. The molecule has 0 heterocycles. The van der Waals surface area contributed by atoms with Crippen molar-refractivity contribution >= 4 is 5.97 Å². The molecule has 0 saturated heterocycles. The summed E-state index contributed by atoms with van der Waals surface area (Å²) in [5.41, 5.74) is 0.496. The molecule has 76 valence electrons. The molecular formula is C12H16O2. The van der Waals surface area contributed by atoms with Crippen molar-refractivity contribution in [2.45, 2.75) is 32.3 Å². The van der Waals surface area contributed by atoms with Crippen LogP contribution in [0.3, 0.4) is 0 Å². The number of allylic oxidation sites excluding steroid dienone is 1. The van der Waals surface area contributed by atoms with Gasteiger partial charge in [0.15, 0.2) is 0 Å². The van der Waals surface area contributed by atoms with E-state index in [1.807, 2.05) is 0 Å². The number of fused-ring (bicyclic) bond motifs is 2. The first-order chi connectivity index (χ1) is 6.66. The van der Waals surface area contributed by atoms with E-state index in [0.29, 0.717) is 17.4 Å². The average Bonchev–Trinajstić information content (AvgIpc) is 2.19. The van der Waals surface area contributed by atoms with Gasteiger partial charge in [-0.3, -0.25) is 0 Å². The van der Waals surface area contributed by atoms with Gasteiger partial charge in [-0.15, -0.1) is 0 Å². The Labute approximate surface area is 84.6 Å². The molecule has 1 fully saturated rings. The predicted molar refractivity (Wildman–Crippen MR) is 54.7 cm³/mol. The molecule has 0 spiro atoms. The summed E-state index contributed by atoms with van der Waals surface area (Å²) in [5.74, 6) is 0.835. The van der Waals surface area contributed by atoms with Crippen LogP contribution in [0.2, 0.25) is 0 Å². The first kappa shape index (κ1) is 9.50. The number of esters is 1. The minimum atomic E-state index is -0.240. The Morgan fingerprint density at radius 1 is 1.43 bits per heavy atom. The van der Waals surface area contributed by atoms with E-state index in [9.17, 15) is 4.79 Å². The highest BCUT2D eigenvalue weighted by molar-refractivity contribution is 5.87. The molecule has 1 saturated carbocycles. The van der Waals surface area contributed by atoms with E-state index in [0.717, 1.165) is 12.8 Å². The van der Waals surface area contributed by atoms with E-state index >= 15 is 0 Å². The number of hydrogen-bond acceptors (Lipinski definition) is 2. The van der Waals surface area contributed by atoms with Gasteiger partial charge in [-0.25, -0.2) is 4.79 Å². The minimum absolute atomic E-state index is 0.1000. The van der Waals surface area contributed by atoms with Gasteiger partial charge in [-0.2, -0.15) is 0 Å². The molecule has 2 heteroatoms. The SMILES string of the molecule is C=C(C)C(=O)OC1CC2C=CC1CC2. The molecule has 3 rings (SSSR count). The fourth-order valence-electron chi connectivity index (χ4n) is 2.25. The Morgan fingerprint density at radius 3 is 2.64 bits per heavy atom. The summed E-state index contributed by atoms with van der Waals surface area (Å²) in [7, 11) is 0. The first-order valence-corrected chi connectivity index (χ1v) is 5.21. The normalized spacial score (nSPS) is 34.2. The highest BCUT2D eigenvalue weighted by Crippen LogP contribution is 2.37. The smallest absolute Gasteiger partial charge is 0.333 e. The zero-order chi connectivity index (χ0) is 10.1. The number of ether oxygens (including phenoxy) is 1. The third-order valence-electron chi connectivity index (χ3n) is 3.12. The van der Waals surface area contributed by atoms with Crippen molar-refractivity contribution in [3.63, 3.8) is 0 Å². The zero-order valence-corrected chi connectivity index (χ0v) is 8.53. The van der Waals surface area contributed by atoms with Gasteiger partial charge in [0, 0.05) is 11.5 Å². The van der Waals surface area contributed by atoms with Crippen molar-refractivity contribution in [3.05, 3.63) is 24.3 Å². The van der Waals surface area contributed by atoms with Crippen molar-refractivity contribution < 1.29 is 9.53 Å². The molecule has 3 atom stereocenters. The van der Waals surface area contributed by atoms with Crippen LogP contribution in [0.5, 0.6) is 0 Å². The van der Waals surface area contributed by atoms with E-state index in [-0.39, 0.29) is 12.1 Å². The van der Waals surface area contributed by atoms with Gasteiger partial charge < -0.3 is 4.74 Å². The van der Waals surface area contributed by atoms with Gasteiger partial charge >= 0.3 is 5.97 Å². The van der Waals surface area contributed by atoms with Crippen LogP contribution in [0.1, 0.15) is 26.2 Å². The van der Waals surface area contributed by atoms with Crippen molar-refractivity contribution in [2.24, 2.45) is 11.8 Å². The van der Waals surface area contributed by atoms with Gasteiger partial charge in [0.2, 0.25) is 0 Å². The molecule has 14 heavy (non-hydrogen) atoms. The van der Waals surface area contributed by atoms with E-state index < -0.39 is 0 Å². The summed E-state index contributed by atoms with van der Waals surface area (Å²) < 4.78 is 5.40. The molecule has 3 unspecified atom stereocenters. The molecular weight excluding hydrogens is 176 g/mol. The largest absolute Gasteiger partial charge is 0.458 e. The lowest BCUT2D eigenvalue weighted by molar-refractivity contribution is -0.148. The second-order valence-electron chi connectivity index (χ2n) is 4.35. The molecule has 0 radical (unpaired) electrons. The maximum Gasteiger partial charge on any atom is 0.333 e. The predicted octanol–water partition coefficient (Wildman–Crippen LogP) is 2.46. The molecule has 0 aliphatic heterocycles. The third kappa shape index (κ3) is 1.74. The Bertz CT molecular complexity index is 291. The highest BCUT2D eigenvalue weighted by atomic mass is 16.5. The maximum atomic E-state index is 11.3. The molecule has 0 N–H and O–H groups in total. The van der Waals surface area contributed by atoms with Crippen molar-refractivity contribution in [2.75, 3.05) is 0 Å². The summed E-state index contributed by atoms with van der Waals surface area (Å²) in [4.78, 5) is 11.3. The monoisotopic (exact) mass is 192 g/mol. The molecule has 0 aromatic rings. The van der Waals surface area contributed by atoms with Crippen LogP contribution >= 0.6 is 0 Å². The van der Waals surface area contributed by atoms with Crippen LogP contribution in [0.15, 0.2) is 24.3 Å². The number of hydrogen-bond donors (Lipinski definition) is 0. The van der Waals surface area contributed by atoms with Crippen molar-refractivity contribution in [1.29, 1.82) is 0 Å². The molecule has 2 bridgehead atoms. The van der Waals surface area contributed by atoms with Gasteiger partial charge in [0.1, 0.15) is 6.10 Å². The number of carbonyl (C=O) groups excluding carboxylic acids is 1. The van der Waals surface area contributed by atoms with E-state index in [1.165, 1.54) is 6.42 Å². The van der Waals surface area contributed by atoms with E-state index in [4.69, 9.17) is 4.74 Å². The quantitative estimate of drug-likeness (QED) is 0.381. The van der Waals surface area contributed by atoms with Crippen LogP contribution in [0.25, 0.3) is 0 Å². The summed E-state index contributed by atoms with van der Waals surface area (Å²) >= 11 is 0. The maximum absolute atomic E-state index is 11.3. The zero-order valence-electron chi connectivity index (χ0n) is 8.53. The Kier molecular flexibility index (Phi) is 2.44. The Hall–Kier alpha value is -1.05. The van der Waals surface area contributed by atoms with Crippen LogP contribution in [-0.4, -0.2) is 12.1 Å². The average molecular weight is 192 g/mol. The minimum Gasteiger partial charge on any atom is -0.458 e. The second-order valence-corrected chi connectivity index (χ2v) is 4.35. The number of rotatable bonds is 2. The second kappa shape index (κ2) is 3.60. The summed E-state index contributed by atoms with van der Waals surface area (Å²) in [6.07, 6.45) is 7.98. The highest BCUT2D eigenvalue weighted by Gasteiger charge is 2.34. The molecule has 3 aliphatic rings. The van der Waals surface area contributed by atoms with Gasteiger partial charge in [0.05, 0.1) is 0 Å². The Morgan fingerprint density at radius 2 is 2.21 bits per heavy atom. The van der Waals surface area contributed by atoms with Crippen LogP contribution in [0.4, 0.5) is 0 Å². The van der Waals surface area contributed by atoms with Crippen molar-refractivity contribution in [1.82, 2.24) is 0 Å². The lowest BCUT2D eigenvalue weighted by atomic mass is 9.74. The standard InChI is InChI=1S/C12H16O2/c1-8(2)12(13)14-11-7-9-3-5-10(11)6-4-9/h3,5,9-11H,1,4,6-7H2,2H3. The lowest BCUT2D eigenvalue weighted by Crippen LogP contribution is -2.35. The van der Waals surface area contributed by atoms with Crippen LogP contribution in [0, 0.1) is 11.8 Å². The number of carbonyl (C=O) groups is 1. The van der Waals surface area contributed by atoms with Gasteiger partial charge in [-0.1, -0.05) is 18.7 Å². The molecule has 3 aliphatic carbocycles. The summed E-state index contributed by atoms with van der Waals surface area (Å²) in [6, 6.07) is 0. The van der Waals surface area contributed by atoms with Crippen LogP contribution in [-0.2, 0) is 9.53 Å². The fourth-order valence-corrected chi connectivity index (χ4v) is 2.25. The van der Waals surface area contributed by atoms with Crippen LogP contribution < -0.4 is 0 Å². The summed E-state index contributed by atoms with van der Waals surface area (Å²) in [6.45, 7) is 5.28. The van der Waals surface area contributed by atoms with E-state index in [1.54, 1.807) is 6.92 Å². The topological polar surface area (TPSA) is 26.3 Å². The van der Waals surface area contributed by atoms with Gasteiger partial charge in [-0.05, 0) is 32.1 Å².